The Kier molecular flexibility index (Phi) is 6.41. The zero-order valence-electron chi connectivity index (χ0n) is 16.4. The molecule has 0 aliphatic carbocycles. The third-order valence-corrected chi connectivity index (χ3v) is 5.58. The maximum Gasteiger partial charge on any atom is 0.320 e. The first kappa shape index (κ1) is 19.2. The standard InChI is InChI=1S/C22H29N3O3/c26-22(24-12-16-28-17-13-24)25(9-8-23-10-14-27-15-11-23)18-20-6-3-5-19-4-1-2-7-21(19)20/h1-7H,8-18H2. The van der Waals surface area contributed by atoms with Gasteiger partial charge in [-0.25, -0.2) is 4.79 Å². The van der Waals surface area contributed by atoms with Gasteiger partial charge in [0, 0.05) is 45.8 Å². The minimum atomic E-state index is 0.115. The maximum atomic E-state index is 13.3. The summed E-state index contributed by atoms with van der Waals surface area (Å²) in [6, 6.07) is 14.8. The van der Waals surface area contributed by atoms with Gasteiger partial charge in [-0.3, -0.25) is 4.90 Å². The number of nitrogens with zero attached hydrogens (tertiary/aromatic N) is 3. The van der Waals surface area contributed by atoms with Crippen LogP contribution in [0.1, 0.15) is 5.56 Å². The Morgan fingerprint density at radius 3 is 2.36 bits per heavy atom. The van der Waals surface area contributed by atoms with Crippen molar-refractivity contribution in [3.05, 3.63) is 48.0 Å². The first-order valence-electron chi connectivity index (χ1n) is 10.2. The zero-order valence-corrected chi connectivity index (χ0v) is 16.4. The van der Waals surface area contributed by atoms with Crippen molar-refractivity contribution in [2.24, 2.45) is 0 Å². The van der Waals surface area contributed by atoms with Crippen LogP contribution in [-0.4, -0.2) is 86.4 Å². The average molecular weight is 383 g/mol. The van der Waals surface area contributed by atoms with Crippen molar-refractivity contribution in [2.45, 2.75) is 6.54 Å². The highest BCUT2D eigenvalue weighted by Crippen LogP contribution is 2.21. The van der Waals surface area contributed by atoms with Gasteiger partial charge in [0.05, 0.1) is 26.4 Å². The lowest BCUT2D eigenvalue weighted by Gasteiger charge is -2.35. The van der Waals surface area contributed by atoms with E-state index in [-0.39, 0.29) is 6.03 Å². The molecule has 6 nitrogen and oxygen atoms in total. The Labute approximate surface area is 166 Å². The number of hydrogen-bond donors (Lipinski definition) is 0. The number of benzene rings is 2. The van der Waals surface area contributed by atoms with Crippen molar-refractivity contribution in [1.29, 1.82) is 0 Å². The highest BCUT2D eigenvalue weighted by Gasteiger charge is 2.24. The molecule has 0 aromatic heterocycles. The summed E-state index contributed by atoms with van der Waals surface area (Å²) in [6.45, 7) is 8.24. The fourth-order valence-corrected chi connectivity index (χ4v) is 3.92. The molecule has 150 valence electrons. The van der Waals surface area contributed by atoms with Crippen LogP contribution in [0.4, 0.5) is 4.79 Å². The highest BCUT2D eigenvalue weighted by molar-refractivity contribution is 5.86. The van der Waals surface area contributed by atoms with Crippen LogP contribution in [0.2, 0.25) is 0 Å². The quantitative estimate of drug-likeness (QED) is 0.796. The smallest absolute Gasteiger partial charge is 0.320 e. The van der Waals surface area contributed by atoms with Crippen LogP contribution in [0.25, 0.3) is 10.8 Å². The fraction of sp³-hybridized carbons (Fsp3) is 0.500. The lowest BCUT2D eigenvalue weighted by Crippen LogP contribution is -2.50. The Bertz CT molecular complexity index is 780. The molecule has 2 saturated heterocycles. The van der Waals surface area contributed by atoms with Gasteiger partial charge in [0.1, 0.15) is 0 Å². The Hall–Kier alpha value is -2.15. The summed E-state index contributed by atoms with van der Waals surface area (Å²) in [6.07, 6.45) is 0. The van der Waals surface area contributed by atoms with E-state index in [0.717, 1.165) is 39.4 Å². The summed E-state index contributed by atoms with van der Waals surface area (Å²) in [5.74, 6) is 0. The van der Waals surface area contributed by atoms with Crippen LogP contribution in [0.3, 0.4) is 0 Å². The Balaban J connectivity index is 1.51. The largest absolute Gasteiger partial charge is 0.379 e. The number of urea groups is 1. The van der Waals surface area contributed by atoms with E-state index in [4.69, 9.17) is 9.47 Å². The SMILES string of the molecule is O=C(N1CCOCC1)N(CCN1CCOCC1)Cc1cccc2ccccc12. The van der Waals surface area contributed by atoms with Gasteiger partial charge in [-0.15, -0.1) is 0 Å². The minimum Gasteiger partial charge on any atom is -0.379 e. The van der Waals surface area contributed by atoms with Crippen molar-refractivity contribution in [3.8, 4) is 0 Å². The van der Waals surface area contributed by atoms with Crippen molar-refractivity contribution in [1.82, 2.24) is 14.7 Å². The van der Waals surface area contributed by atoms with Gasteiger partial charge in [0.15, 0.2) is 0 Å². The van der Waals surface area contributed by atoms with Crippen LogP contribution in [0.15, 0.2) is 42.5 Å². The van der Waals surface area contributed by atoms with Gasteiger partial charge in [-0.1, -0.05) is 42.5 Å². The summed E-state index contributed by atoms with van der Waals surface area (Å²) >= 11 is 0. The van der Waals surface area contributed by atoms with E-state index in [2.05, 4.69) is 47.4 Å². The second kappa shape index (κ2) is 9.37. The van der Waals surface area contributed by atoms with Gasteiger partial charge in [0.25, 0.3) is 0 Å². The van der Waals surface area contributed by atoms with Crippen molar-refractivity contribution in [3.63, 3.8) is 0 Å². The van der Waals surface area contributed by atoms with E-state index in [9.17, 15) is 4.79 Å². The van der Waals surface area contributed by atoms with Crippen LogP contribution < -0.4 is 0 Å². The molecule has 6 heteroatoms. The molecule has 28 heavy (non-hydrogen) atoms. The minimum absolute atomic E-state index is 0.115. The van der Waals surface area contributed by atoms with Gasteiger partial charge in [-0.2, -0.15) is 0 Å². The highest BCUT2D eigenvalue weighted by atomic mass is 16.5. The molecule has 0 spiro atoms. The van der Waals surface area contributed by atoms with E-state index in [1.54, 1.807) is 0 Å². The van der Waals surface area contributed by atoms with E-state index < -0.39 is 0 Å². The zero-order chi connectivity index (χ0) is 19.2. The monoisotopic (exact) mass is 383 g/mol. The predicted molar refractivity (Wildman–Crippen MR) is 109 cm³/mol. The van der Waals surface area contributed by atoms with Gasteiger partial charge in [-0.05, 0) is 16.3 Å². The van der Waals surface area contributed by atoms with Crippen LogP contribution in [0.5, 0.6) is 0 Å². The van der Waals surface area contributed by atoms with E-state index in [1.165, 1.54) is 16.3 Å². The number of carbonyl (C=O) groups is 1. The summed E-state index contributed by atoms with van der Waals surface area (Å²) in [5.41, 5.74) is 1.20. The number of fused-ring (bicyclic) bond motifs is 1. The fourth-order valence-electron chi connectivity index (χ4n) is 3.92. The number of ether oxygens (including phenoxy) is 2. The predicted octanol–water partition coefficient (Wildman–Crippen LogP) is 2.43. The molecule has 0 bridgehead atoms. The molecule has 2 amide bonds. The molecule has 0 radical (unpaired) electrons. The van der Waals surface area contributed by atoms with E-state index >= 15 is 0 Å². The van der Waals surface area contributed by atoms with Gasteiger partial charge in [0.2, 0.25) is 0 Å². The third kappa shape index (κ3) is 4.63. The lowest BCUT2D eigenvalue weighted by molar-refractivity contribution is 0.0280. The number of morpholine rings is 2. The number of rotatable bonds is 5. The first-order valence-corrected chi connectivity index (χ1v) is 10.2. The molecule has 2 heterocycles. The molecule has 2 aliphatic heterocycles. The maximum absolute atomic E-state index is 13.3. The molecule has 4 rings (SSSR count). The normalized spacial score (nSPS) is 18.4. The number of amides is 2. The second-order valence-electron chi connectivity index (χ2n) is 7.40. The summed E-state index contributed by atoms with van der Waals surface area (Å²) in [5, 5.41) is 2.43. The van der Waals surface area contributed by atoms with E-state index in [1.807, 2.05) is 9.80 Å². The molecule has 0 atom stereocenters. The van der Waals surface area contributed by atoms with E-state index in [0.29, 0.717) is 32.8 Å². The van der Waals surface area contributed by atoms with Crippen molar-refractivity contribution >= 4 is 16.8 Å². The molecule has 2 fully saturated rings. The Morgan fingerprint density at radius 2 is 1.57 bits per heavy atom. The van der Waals surface area contributed by atoms with Gasteiger partial charge < -0.3 is 19.3 Å². The first-order chi connectivity index (χ1) is 13.8. The molecule has 0 unspecified atom stereocenters. The second-order valence-corrected chi connectivity index (χ2v) is 7.40. The molecule has 2 aliphatic rings. The van der Waals surface area contributed by atoms with Crippen LogP contribution in [-0.2, 0) is 16.0 Å². The molecule has 2 aromatic carbocycles. The van der Waals surface area contributed by atoms with Crippen molar-refractivity contribution < 1.29 is 14.3 Å². The summed E-state index contributed by atoms with van der Waals surface area (Å²) in [4.78, 5) is 19.6. The molecular formula is C22H29N3O3. The topological polar surface area (TPSA) is 45.2 Å². The van der Waals surface area contributed by atoms with Crippen LogP contribution >= 0.6 is 0 Å². The average Bonchev–Trinajstić information content (AvgIpc) is 2.77. The van der Waals surface area contributed by atoms with Crippen LogP contribution in [0, 0.1) is 0 Å². The molecule has 2 aromatic rings. The molecular weight excluding hydrogens is 354 g/mol. The summed E-state index contributed by atoms with van der Waals surface area (Å²) < 4.78 is 10.9. The lowest BCUT2D eigenvalue weighted by atomic mass is 10.0. The summed E-state index contributed by atoms with van der Waals surface area (Å²) in [7, 11) is 0. The number of hydrogen-bond acceptors (Lipinski definition) is 4. The Morgan fingerprint density at radius 1 is 0.893 bits per heavy atom. The number of carbonyl (C=O) groups excluding carboxylic acids is 1. The molecule has 0 N–H and O–H groups in total. The van der Waals surface area contributed by atoms with Gasteiger partial charge >= 0.3 is 6.03 Å². The molecule has 0 saturated carbocycles. The third-order valence-electron chi connectivity index (χ3n) is 5.58. The van der Waals surface area contributed by atoms with Crippen molar-refractivity contribution in [2.75, 3.05) is 65.7 Å².